The lowest BCUT2D eigenvalue weighted by Crippen LogP contribution is -2.15. The molecule has 61 heavy (non-hydrogen) atoms. The van der Waals surface area contributed by atoms with Gasteiger partial charge in [-0.05, 0) is 123 Å². The number of hydrogen-bond acceptors (Lipinski definition) is 2. The Morgan fingerprint density at radius 3 is 2.08 bits per heavy atom. The highest BCUT2D eigenvalue weighted by Crippen LogP contribution is 2.45. The molecule has 286 valence electrons. The van der Waals surface area contributed by atoms with Crippen LogP contribution in [0.4, 0.5) is 0 Å². The summed E-state index contributed by atoms with van der Waals surface area (Å²) in [6, 6.07) is 68.8. The maximum atomic E-state index is 6.71. The van der Waals surface area contributed by atoms with E-state index in [0.717, 1.165) is 69.4 Å². The molecule has 11 aromatic rings. The van der Waals surface area contributed by atoms with E-state index in [1.165, 1.54) is 76.8 Å². The molecule has 3 heteroatoms. The molecule has 0 aliphatic carbocycles. The summed E-state index contributed by atoms with van der Waals surface area (Å²) in [5, 5.41) is 9.61. The summed E-state index contributed by atoms with van der Waals surface area (Å²) in [5.41, 5.74) is 16.9. The standard InChI is InChI=1S/C58H38N2O/c1-2-12-37(13-3-1)40-18-10-19-44(33-40)51-22-11-21-45(43-26-25-38-14-4-5-15-39(38)32-43)50-30-36-24-27-46-49-34-41-16-6-7-17-42(41)35-53(49)60(52(46)31-36)58-48(57(50)59-51)28-29-55-56(58)47-20-8-9-23-54(47)61-55/h1-10,12-20,22-29,31-35H,11,21,30H2/b50-45+,51-22?,59-57?. The number of nitrogens with zero attached hydrogens (tertiary/aromatic N) is 2. The largest absolute Gasteiger partial charge is 0.456 e. The molecule has 3 nitrogen and oxygen atoms in total. The molecule has 2 aliphatic rings. The Morgan fingerprint density at radius 2 is 1.20 bits per heavy atom. The lowest BCUT2D eigenvalue weighted by atomic mass is 9.84. The lowest BCUT2D eigenvalue weighted by molar-refractivity contribution is 0.669. The van der Waals surface area contributed by atoms with Crippen LogP contribution in [0.25, 0.3) is 93.4 Å². The van der Waals surface area contributed by atoms with Crippen LogP contribution in [0.5, 0.6) is 0 Å². The van der Waals surface area contributed by atoms with Crippen LogP contribution >= 0.6 is 0 Å². The van der Waals surface area contributed by atoms with E-state index < -0.39 is 0 Å². The van der Waals surface area contributed by atoms with Gasteiger partial charge in [0.1, 0.15) is 11.2 Å². The predicted molar refractivity (Wildman–Crippen MR) is 256 cm³/mol. The third kappa shape index (κ3) is 5.40. The Morgan fingerprint density at radius 1 is 0.459 bits per heavy atom. The average molecular weight is 779 g/mol. The van der Waals surface area contributed by atoms with Gasteiger partial charge in [-0.1, -0.05) is 146 Å². The maximum absolute atomic E-state index is 6.71. The SMILES string of the molecule is C1=C(c2cccc(-c3ccccc3)c2)N=C2/C(=C(/c3ccc4ccccc4c3)CC1)Cc1ccc3c4cc5ccccc5cc4n(c3c1)-c1c2ccc2oc3ccccc3c12. The van der Waals surface area contributed by atoms with Crippen molar-refractivity contribution in [2.75, 3.05) is 0 Å². The fourth-order valence-electron chi connectivity index (χ4n) is 10.2. The molecule has 9 aromatic carbocycles. The summed E-state index contributed by atoms with van der Waals surface area (Å²) in [5.74, 6) is 0. The summed E-state index contributed by atoms with van der Waals surface area (Å²) < 4.78 is 9.24. The van der Waals surface area contributed by atoms with E-state index in [1.54, 1.807) is 0 Å². The molecule has 0 N–H and O–H groups in total. The third-order valence-electron chi connectivity index (χ3n) is 13.1. The number of fused-ring (bicyclic) bond motifs is 14. The molecule has 2 bridgehead atoms. The number of allylic oxidation sites excluding steroid dienone is 3. The highest BCUT2D eigenvalue weighted by atomic mass is 16.3. The molecule has 0 radical (unpaired) electrons. The number of benzene rings is 9. The second-order valence-corrected chi connectivity index (χ2v) is 16.6. The highest BCUT2D eigenvalue weighted by molar-refractivity contribution is 6.26. The third-order valence-corrected chi connectivity index (χ3v) is 13.1. The monoisotopic (exact) mass is 778 g/mol. The molecule has 0 atom stereocenters. The normalized spacial score (nSPS) is 15.3. The van der Waals surface area contributed by atoms with E-state index in [4.69, 9.17) is 9.41 Å². The molecule has 0 unspecified atom stereocenters. The minimum Gasteiger partial charge on any atom is -0.456 e. The Bertz CT molecular complexity index is 3720. The molecule has 2 aromatic heterocycles. The van der Waals surface area contributed by atoms with Crippen molar-refractivity contribution < 1.29 is 4.42 Å². The van der Waals surface area contributed by atoms with Crippen LogP contribution in [0.2, 0.25) is 0 Å². The van der Waals surface area contributed by atoms with Crippen molar-refractivity contribution >= 4 is 82.3 Å². The summed E-state index contributed by atoms with van der Waals surface area (Å²) >= 11 is 0. The van der Waals surface area contributed by atoms with Gasteiger partial charge < -0.3 is 8.98 Å². The van der Waals surface area contributed by atoms with Gasteiger partial charge in [0.25, 0.3) is 0 Å². The summed E-state index contributed by atoms with van der Waals surface area (Å²) in [7, 11) is 0. The first-order chi connectivity index (χ1) is 30.2. The zero-order chi connectivity index (χ0) is 40.0. The van der Waals surface area contributed by atoms with Crippen LogP contribution in [0.15, 0.2) is 209 Å². The van der Waals surface area contributed by atoms with Crippen molar-refractivity contribution in [3.05, 3.63) is 222 Å². The van der Waals surface area contributed by atoms with Crippen LogP contribution in [-0.2, 0) is 6.42 Å². The second-order valence-electron chi connectivity index (χ2n) is 16.6. The molecule has 0 spiro atoms. The lowest BCUT2D eigenvalue weighted by Gasteiger charge is -2.23. The number of aromatic nitrogens is 1. The Labute approximate surface area is 352 Å². The molecule has 13 rings (SSSR count). The van der Waals surface area contributed by atoms with E-state index in [-0.39, 0.29) is 0 Å². The molecule has 2 aliphatic heterocycles. The van der Waals surface area contributed by atoms with Crippen LogP contribution < -0.4 is 0 Å². The number of rotatable bonds is 3. The van der Waals surface area contributed by atoms with E-state index in [0.29, 0.717) is 0 Å². The van der Waals surface area contributed by atoms with Gasteiger partial charge in [0, 0.05) is 27.3 Å². The predicted octanol–water partition coefficient (Wildman–Crippen LogP) is 15.3. The van der Waals surface area contributed by atoms with Gasteiger partial charge in [-0.2, -0.15) is 0 Å². The first kappa shape index (κ1) is 34.1. The molecule has 4 heterocycles. The number of para-hydroxylation sites is 1. The van der Waals surface area contributed by atoms with Crippen molar-refractivity contribution in [2.24, 2.45) is 4.99 Å². The van der Waals surface area contributed by atoms with Crippen LogP contribution in [0.3, 0.4) is 0 Å². The molecular formula is C58H38N2O. The van der Waals surface area contributed by atoms with Crippen LogP contribution in [0, 0.1) is 0 Å². The topological polar surface area (TPSA) is 30.4 Å². The van der Waals surface area contributed by atoms with E-state index in [9.17, 15) is 0 Å². The fraction of sp³-hybridized carbons (Fsp3) is 0.0517. The van der Waals surface area contributed by atoms with Crippen LogP contribution in [0.1, 0.15) is 35.1 Å². The minimum atomic E-state index is 0.737. The molecular weight excluding hydrogens is 741 g/mol. The second kappa shape index (κ2) is 13.4. The molecule has 0 amide bonds. The quantitative estimate of drug-likeness (QED) is 0.176. The van der Waals surface area contributed by atoms with Crippen molar-refractivity contribution in [1.82, 2.24) is 4.57 Å². The fourth-order valence-corrected chi connectivity index (χ4v) is 10.2. The smallest absolute Gasteiger partial charge is 0.137 e. The van der Waals surface area contributed by atoms with Gasteiger partial charge in [-0.25, -0.2) is 4.99 Å². The Kier molecular flexibility index (Phi) is 7.49. The molecule has 0 saturated heterocycles. The summed E-state index contributed by atoms with van der Waals surface area (Å²) in [6.07, 6.45) is 4.84. The summed E-state index contributed by atoms with van der Waals surface area (Å²) in [6.45, 7) is 0. The van der Waals surface area contributed by atoms with E-state index in [1.807, 2.05) is 0 Å². The highest BCUT2D eigenvalue weighted by Gasteiger charge is 2.29. The van der Waals surface area contributed by atoms with Gasteiger partial charge >= 0.3 is 0 Å². The number of furan rings is 1. The zero-order valence-electron chi connectivity index (χ0n) is 33.4. The first-order valence-corrected chi connectivity index (χ1v) is 21.3. The minimum absolute atomic E-state index is 0.737. The Balaban J connectivity index is 1.18. The van der Waals surface area contributed by atoms with Gasteiger partial charge in [-0.15, -0.1) is 0 Å². The van der Waals surface area contributed by atoms with Gasteiger partial charge in [-0.3, -0.25) is 0 Å². The van der Waals surface area contributed by atoms with Crippen LogP contribution in [-0.4, -0.2) is 10.3 Å². The number of hydrogen-bond donors (Lipinski definition) is 0. The zero-order valence-corrected chi connectivity index (χ0v) is 33.4. The number of aliphatic imine (C=N–C) groups is 1. The maximum Gasteiger partial charge on any atom is 0.137 e. The molecule has 0 saturated carbocycles. The van der Waals surface area contributed by atoms with Gasteiger partial charge in [0.2, 0.25) is 0 Å². The van der Waals surface area contributed by atoms with Crippen molar-refractivity contribution in [2.45, 2.75) is 19.3 Å². The van der Waals surface area contributed by atoms with Crippen molar-refractivity contribution in [3.63, 3.8) is 0 Å². The van der Waals surface area contributed by atoms with E-state index in [2.05, 4.69) is 199 Å². The van der Waals surface area contributed by atoms with Crippen molar-refractivity contribution in [3.8, 4) is 16.8 Å². The van der Waals surface area contributed by atoms with Gasteiger partial charge in [0.15, 0.2) is 0 Å². The van der Waals surface area contributed by atoms with Gasteiger partial charge in [0.05, 0.1) is 33.5 Å². The molecule has 0 fully saturated rings. The van der Waals surface area contributed by atoms with E-state index >= 15 is 0 Å². The summed E-state index contributed by atoms with van der Waals surface area (Å²) in [4.78, 5) is 5.95. The van der Waals surface area contributed by atoms with Crippen molar-refractivity contribution in [1.29, 1.82) is 0 Å². The Hall–Kier alpha value is -7.75. The first-order valence-electron chi connectivity index (χ1n) is 21.3. The average Bonchev–Trinajstić information content (AvgIpc) is 3.85.